The number of hydrazine groups is 1. The van der Waals surface area contributed by atoms with Gasteiger partial charge < -0.3 is 19.5 Å². The van der Waals surface area contributed by atoms with Gasteiger partial charge in [-0.05, 0) is 82.6 Å². The predicted molar refractivity (Wildman–Crippen MR) is 197 cm³/mol. The zero-order chi connectivity index (χ0) is 34.2. The summed E-state index contributed by atoms with van der Waals surface area (Å²) < 4.78 is 15.2. The fraction of sp³-hybridized carbons (Fsp3) is 0.382. The van der Waals surface area contributed by atoms with Crippen LogP contribution in [0, 0.1) is 13.8 Å². The molecule has 15 heteroatoms. The van der Waals surface area contributed by atoms with Crippen molar-refractivity contribution in [2.45, 2.75) is 79.1 Å². The van der Waals surface area contributed by atoms with Crippen LogP contribution in [0.2, 0.25) is 0 Å². The fourth-order valence-electron chi connectivity index (χ4n) is 4.25. The van der Waals surface area contributed by atoms with Gasteiger partial charge in [-0.1, -0.05) is 48.5 Å². The Morgan fingerprint density at radius 1 is 0.735 bits per heavy atom. The lowest BCUT2D eigenvalue weighted by molar-refractivity contribution is -0.153. The number of hydrogen-bond donors (Lipinski definition) is 3. The topological polar surface area (TPSA) is 155 Å². The first kappa shape index (κ1) is 43.3. The maximum Gasteiger partial charge on any atom is 0.421 e. The molecule has 4 aromatic rings. The molecule has 0 aliphatic heterocycles. The highest BCUT2D eigenvalue weighted by atomic mass is 35.5. The van der Waals surface area contributed by atoms with Gasteiger partial charge in [-0.2, -0.15) is 0 Å². The molecule has 0 bridgehead atoms. The summed E-state index contributed by atoms with van der Waals surface area (Å²) >= 11 is 3.32. The molecule has 0 fully saturated rings. The summed E-state index contributed by atoms with van der Waals surface area (Å²) in [5, 5.41) is 8.73. The molecule has 0 aliphatic carbocycles. The molecule has 2 aromatic heterocycles. The van der Waals surface area contributed by atoms with E-state index in [1.165, 1.54) is 5.56 Å². The van der Waals surface area contributed by atoms with E-state index in [9.17, 15) is 14.4 Å². The maximum absolute atomic E-state index is 11.7. The van der Waals surface area contributed by atoms with Gasteiger partial charge >= 0.3 is 18.2 Å². The quantitative estimate of drug-likeness (QED) is 0.0457. The van der Waals surface area contributed by atoms with Crippen LogP contribution in [0.4, 0.5) is 9.59 Å². The van der Waals surface area contributed by atoms with E-state index in [0.29, 0.717) is 0 Å². The Labute approximate surface area is 308 Å². The molecule has 11 nitrogen and oxygen atoms in total. The van der Waals surface area contributed by atoms with Gasteiger partial charge in [-0.15, -0.1) is 47.5 Å². The normalized spacial score (nSPS) is 10.3. The van der Waals surface area contributed by atoms with Crippen LogP contribution in [0.1, 0.15) is 64.4 Å². The first-order valence-corrected chi connectivity index (χ1v) is 16.9. The number of aromatic nitrogens is 2. The molecule has 2 aromatic carbocycles. The molecule has 2 amide bonds. The Balaban J connectivity index is 0.000000489. The van der Waals surface area contributed by atoms with Gasteiger partial charge in [-0.25, -0.2) is 25.4 Å². The number of hydrogen-bond acceptors (Lipinski definition) is 11. The summed E-state index contributed by atoms with van der Waals surface area (Å²) in [6, 6.07) is 15.9. The van der Waals surface area contributed by atoms with Crippen molar-refractivity contribution in [2.75, 3.05) is 6.54 Å². The third kappa shape index (κ3) is 18.0. The fourth-order valence-corrected chi connectivity index (χ4v) is 5.55. The summed E-state index contributed by atoms with van der Waals surface area (Å²) in [6.07, 6.45) is 2.31. The second-order valence-electron chi connectivity index (χ2n) is 11.6. The van der Waals surface area contributed by atoms with E-state index in [1.54, 1.807) is 43.4 Å². The molecule has 0 radical (unpaired) electrons. The Bertz CT molecular complexity index is 1610. The predicted octanol–water partition coefficient (Wildman–Crippen LogP) is 6.98. The summed E-state index contributed by atoms with van der Waals surface area (Å²) in [7, 11) is 0. The molecular weight excluding hydrogens is 709 g/mol. The molecule has 4 N–H and O–H groups in total. The molecule has 0 aliphatic rings. The lowest BCUT2D eigenvalue weighted by atomic mass is 10.1. The Morgan fingerprint density at radius 2 is 1.18 bits per heavy atom. The van der Waals surface area contributed by atoms with Crippen molar-refractivity contribution in [3.8, 4) is 0 Å². The number of aryl methyl sites for hydroxylation is 6. The lowest BCUT2D eigenvalue weighted by Crippen LogP contribution is -2.34. The van der Waals surface area contributed by atoms with Gasteiger partial charge in [0, 0.05) is 10.8 Å². The standard InChI is InChI=1S/C20H26N2O4S.C14H17N3O2S.2ClH/c1-14-22-17(13-27-14)9-8-15-6-5-7-16(10-15)12-25-19(24)21-11-18(23)26-20(2,3)4;1-10-16-13(9-20-10)6-5-11-3-2-4-12(7-11)8-19-14(18)17-15;;/h5-7,10,13H,8-9,11-12H2,1-4H3,(H,21,24);2-4,7,9H,5-6,8,15H2,1H3,(H,17,18);2*1H. The Morgan fingerprint density at radius 3 is 1.59 bits per heavy atom. The van der Waals surface area contributed by atoms with Crippen LogP contribution >= 0.6 is 47.5 Å². The Hall–Kier alpha value is -3.75. The number of carbonyl (C=O) groups excluding carboxylic acids is 3. The van der Waals surface area contributed by atoms with Gasteiger partial charge in [0.1, 0.15) is 25.4 Å². The van der Waals surface area contributed by atoms with Crippen LogP contribution in [-0.2, 0) is 57.9 Å². The van der Waals surface area contributed by atoms with E-state index in [4.69, 9.17) is 20.1 Å². The van der Waals surface area contributed by atoms with Gasteiger partial charge in [0.15, 0.2) is 0 Å². The highest BCUT2D eigenvalue weighted by molar-refractivity contribution is 7.09. The first-order chi connectivity index (χ1) is 22.4. The van der Waals surface area contributed by atoms with E-state index in [1.807, 2.05) is 61.7 Å². The zero-order valence-corrected chi connectivity index (χ0v) is 31.5. The second kappa shape index (κ2) is 22.1. The van der Waals surface area contributed by atoms with Crippen LogP contribution in [-0.4, -0.2) is 40.3 Å². The highest BCUT2D eigenvalue weighted by Crippen LogP contribution is 2.15. The molecule has 4 rings (SSSR count). The van der Waals surface area contributed by atoms with Gasteiger partial charge in [0.25, 0.3) is 0 Å². The van der Waals surface area contributed by atoms with Crippen molar-refractivity contribution >= 4 is 65.6 Å². The van der Waals surface area contributed by atoms with E-state index >= 15 is 0 Å². The minimum atomic E-state index is -0.649. The van der Waals surface area contributed by atoms with Crippen LogP contribution in [0.3, 0.4) is 0 Å². The number of carbonyl (C=O) groups is 3. The average Bonchev–Trinajstić information content (AvgIpc) is 3.66. The monoisotopic (exact) mass is 753 g/mol. The number of nitrogens with zero attached hydrogens (tertiary/aromatic N) is 2. The summed E-state index contributed by atoms with van der Waals surface area (Å²) in [4.78, 5) is 43.1. The van der Waals surface area contributed by atoms with Crippen LogP contribution < -0.4 is 16.6 Å². The largest absolute Gasteiger partial charge is 0.459 e. The van der Waals surface area contributed by atoms with E-state index in [2.05, 4.69) is 32.1 Å². The molecule has 0 spiro atoms. The number of ether oxygens (including phenoxy) is 3. The third-order valence-corrected chi connectivity index (χ3v) is 7.96. The lowest BCUT2D eigenvalue weighted by Gasteiger charge is -2.19. The van der Waals surface area contributed by atoms with Crippen molar-refractivity contribution in [1.29, 1.82) is 0 Å². The van der Waals surface area contributed by atoms with Gasteiger partial charge in [0.05, 0.1) is 21.4 Å². The number of thiazole rings is 2. The number of halogens is 2. The summed E-state index contributed by atoms with van der Waals surface area (Å²) in [5.41, 5.74) is 7.77. The third-order valence-electron chi connectivity index (χ3n) is 6.31. The van der Waals surface area contributed by atoms with Crippen molar-refractivity contribution in [3.05, 3.63) is 103 Å². The molecule has 0 saturated carbocycles. The molecule has 268 valence electrons. The number of nitrogens with one attached hydrogen (secondary N) is 2. The van der Waals surface area contributed by atoms with Crippen molar-refractivity contribution in [1.82, 2.24) is 20.7 Å². The summed E-state index contributed by atoms with van der Waals surface area (Å²) in [6.45, 7) is 9.46. The molecular formula is C34H45Cl2N5O6S2. The molecule has 0 unspecified atom stereocenters. The number of esters is 1. The smallest absolute Gasteiger partial charge is 0.421 e. The molecule has 2 heterocycles. The minimum Gasteiger partial charge on any atom is -0.459 e. The number of benzene rings is 2. The molecule has 49 heavy (non-hydrogen) atoms. The minimum absolute atomic E-state index is 0. The highest BCUT2D eigenvalue weighted by Gasteiger charge is 2.17. The van der Waals surface area contributed by atoms with E-state index in [-0.39, 0.29) is 44.6 Å². The van der Waals surface area contributed by atoms with Crippen LogP contribution in [0.25, 0.3) is 0 Å². The number of rotatable bonds is 12. The van der Waals surface area contributed by atoms with Crippen molar-refractivity contribution < 1.29 is 28.6 Å². The van der Waals surface area contributed by atoms with Crippen LogP contribution in [0.15, 0.2) is 59.3 Å². The van der Waals surface area contributed by atoms with Gasteiger partial charge in [0.2, 0.25) is 0 Å². The second-order valence-corrected chi connectivity index (χ2v) is 13.7. The first-order valence-electron chi connectivity index (χ1n) is 15.1. The number of alkyl carbamates (subject to hydrolysis) is 1. The van der Waals surface area contributed by atoms with Crippen LogP contribution in [0.5, 0.6) is 0 Å². The van der Waals surface area contributed by atoms with Crippen molar-refractivity contribution in [3.63, 3.8) is 0 Å². The number of amides is 2. The molecule has 0 saturated heterocycles. The SMILES string of the molecule is Cc1nc(CCc2cccc(COC(=O)NCC(=O)OC(C)(C)C)c2)cs1.Cc1nc(CCc2cccc(COC(=O)NN)c2)cs1.Cl.Cl. The van der Waals surface area contributed by atoms with E-state index < -0.39 is 23.8 Å². The molecule has 0 atom stereocenters. The van der Waals surface area contributed by atoms with E-state index in [0.717, 1.165) is 63.8 Å². The van der Waals surface area contributed by atoms with Crippen molar-refractivity contribution in [2.24, 2.45) is 5.84 Å². The zero-order valence-electron chi connectivity index (χ0n) is 28.3. The number of nitrogens with two attached hydrogens (primary N) is 1. The van der Waals surface area contributed by atoms with Gasteiger partial charge in [-0.3, -0.25) is 10.2 Å². The average molecular weight is 755 g/mol. The maximum atomic E-state index is 11.7. The summed E-state index contributed by atoms with van der Waals surface area (Å²) in [5.74, 6) is 4.45. The Kier molecular flexibility index (Phi) is 19.5.